The Kier molecular flexibility index (Phi) is 5.60. The fraction of sp³-hybridized carbons (Fsp3) is 0.929. The van der Waals surface area contributed by atoms with Gasteiger partial charge in [-0.3, -0.25) is 9.69 Å². The van der Waals surface area contributed by atoms with Crippen LogP contribution in [0.3, 0.4) is 0 Å². The van der Waals surface area contributed by atoms with E-state index >= 15 is 0 Å². The van der Waals surface area contributed by atoms with Gasteiger partial charge in [-0.1, -0.05) is 12.8 Å². The lowest BCUT2D eigenvalue weighted by Crippen LogP contribution is -2.50. The van der Waals surface area contributed by atoms with Crippen molar-refractivity contribution in [3.63, 3.8) is 0 Å². The molecule has 0 aromatic carbocycles. The number of amides is 1. The standard InChI is InChI=1S/C14H27N3O2/c1-16(2)9-13-10-17(7-8-19-13)11-14(18)15-12-5-3-4-6-12/h12-13H,3-11H2,1-2H3,(H,15,18)/t13-/m1/s1. The second-order valence-corrected chi connectivity index (χ2v) is 6.04. The van der Waals surface area contributed by atoms with Crippen molar-refractivity contribution in [1.29, 1.82) is 0 Å². The van der Waals surface area contributed by atoms with Crippen LogP contribution in [0.1, 0.15) is 25.7 Å². The van der Waals surface area contributed by atoms with Crippen LogP contribution in [0.15, 0.2) is 0 Å². The highest BCUT2D eigenvalue weighted by atomic mass is 16.5. The molecule has 1 saturated heterocycles. The first-order chi connectivity index (χ1) is 9.13. The first kappa shape index (κ1) is 14.8. The molecule has 0 spiro atoms. The molecule has 1 aliphatic heterocycles. The van der Waals surface area contributed by atoms with Gasteiger partial charge in [0.2, 0.25) is 5.91 Å². The molecule has 5 heteroatoms. The first-order valence-corrected chi connectivity index (χ1v) is 7.41. The monoisotopic (exact) mass is 269 g/mol. The lowest BCUT2D eigenvalue weighted by atomic mass is 10.2. The minimum Gasteiger partial charge on any atom is -0.374 e. The third-order valence-electron chi connectivity index (χ3n) is 3.88. The van der Waals surface area contributed by atoms with Crippen LogP contribution in [0.5, 0.6) is 0 Å². The predicted octanol–water partition coefficient (Wildman–Crippen LogP) is 0.308. The molecule has 0 bridgehead atoms. The smallest absolute Gasteiger partial charge is 0.234 e. The van der Waals surface area contributed by atoms with E-state index in [9.17, 15) is 4.79 Å². The SMILES string of the molecule is CN(C)C[C@@H]1CN(CC(=O)NC2CCCC2)CCO1. The highest BCUT2D eigenvalue weighted by Crippen LogP contribution is 2.17. The van der Waals surface area contributed by atoms with Gasteiger partial charge < -0.3 is 15.0 Å². The number of nitrogens with one attached hydrogen (secondary N) is 1. The second-order valence-electron chi connectivity index (χ2n) is 6.04. The number of likely N-dealkylation sites (N-methyl/N-ethyl adjacent to an activating group) is 1. The van der Waals surface area contributed by atoms with Crippen LogP contribution >= 0.6 is 0 Å². The summed E-state index contributed by atoms with van der Waals surface area (Å²) in [6, 6.07) is 0.422. The maximum absolute atomic E-state index is 12.0. The molecule has 2 rings (SSSR count). The third kappa shape index (κ3) is 5.09. The number of morpholine rings is 1. The van der Waals surface area contributed by atoms with Gasteiger partial charge in [0.05, 0.1) is 19.3 Å². The molecule has 2 aliphatic rings. The molecular weight excluding hydrogens is 242 g/mol. The average Bonchev–Trinajstić information content (AvgIpc) is 2.81. The zero-order chi connectivity index (χ0) is 13.7. The van der Waals surface area contributed by atoms with Crippen LogP contribution in [0.4, 0.5) is 0 Å². The number of carbonyl (C=O) groups excluding carboxylic acids is 1. The van der Waals surface area contributed by atoms with E-state index in [4.69, 9.17) is 4.74 Å². The van der Waals surface area contributed by atoms with Gasteiger partial charge in [0.1, 0.15) is 0 Å². The van der Waals surface area contributed by atoms with Gasteiger partial charge in [0.15, 0.2) is 0 Å². The minimum absolute atomic E-state index is 0.178. The van der Waals surface area contributed by atoms with Crippen molar-refractivity contribution in [1.82, 2.24) is 15.1 Å². The fourth-order valence-corrected chi connectivity index (χ4v) is 2.99. The highest BCUT2D eigenvalue weighted by molar-refractivity contribution is 5.78. The van der Waals surface area contributed by atoms with Crippen LogP contribution in [-0.4, -0.2) is 74.7 Å². The number of hydrogen-bond donors (Lipinski definition) is 1. The number of hydrogen-bond acceptors (Lipinski definition) is 4. The summed E-state index contributed by atoms with van der Waals surface area (Å²) in [6.07, 6.45) is 5.04. The quantitative estimate of drug-likeness (QED) is 0.780. The van der Waals surface area contributed by atoms with Crippen molar-refractivity contribution in [3.05, 3.63) is 0 Å². The molecule has 0 radical (unpaired) electrons. The molecular formula is C14H27N3O2. The number of ether oxygens (including phenoxy) is 1. The second kappa shape index (κ2) is 7.22. The lowest BCUT2D eigenvalue weighted by molar-refractivity contribution is -0.125. The average molecular weight is 269 g/mol. The lowest BCUT2D eigenvalue weighted by Gasteiger charge is -2.33. The molecule has 1 amide bonds. The Balaban J connectivity index is 1.70. The van der Waals surface area contributed by atoms with Gasteiger partial charge >= 0.3 is 0 Å². The summed E-state index contributed by atoms with van der Waals surface area (Å²) in [5.41, 5.74) is 0. The van der Waals surface area contributed by atoms with E-state index in [1.165, 1.54) is 12.8 Å². The van der Waals surface area contributed by atoms with Crippen LogP contribution in [-0.2, 0) is 9.53 Å². The predicted molar refractivity (Wildman–Crippen MR) is 75.1 cm³/mol. The van der Waals surface area contributed by atoms with E-state index in [1.807, 2.05) is 0 Å². The maximum atomic E-state index is 12.0. The molecule has 1 heterocycles. The Morgan fingerprint density at radius 3 is 2.79 bits per heavy atom. The van der Waals surface area contributed by atoms with Gasteiger partial charge in [-0.2, -0.15) is 0 Å². The van der Waals surface area contributed by atoms with E-state index in [2.05, 4.69) is 29.2 Å². The van der Waals surface area contributed by atoms with Gasteiger partial charge in [-0.25, -0.2) is 0 Å². The normalized spacial score (nSPS) is 25.9. The zero-order valence-electron chi connectivity index (χ0n) is 12.2. The molecule has 1 atom stereocenters. The first-order valence-electron chi connectivity index (χ1n) is 7.41. The van der Waals surface area contributed by atoms with Crippen LogP contribution < -0.4 is 5.32 Å². The Morgan fingerprint density at radius 1 is 1.37 bits per heavy atom. The summed E-state index contributed by atoms with van der Waals surface area (Å²) in [5, 5.41) is 3.15. The molecule has 5 nitrogen and oxygen atoms in total. The zero-order valence-corrected chi connectivity index (χ0v) is 12.2. The Bertz CT molecular complexity index is 290. The number of carbonyl (C=O) groups is 1. The number of rotatable bonds is 5. The summed E-state index contributed by atoms with van der Waals surface area (Å²) in [5.74, 6) is 0.178. The van der Waals surface area contributed by atoms with Gasteiger partial charge in [-0.15, -0.1) is 0 Å². The Morgan fingerprint density at radius 2 is 2.11 bits per heavy atom. The van der Waals surface area contributed by atoms with Crippen molar-refractivity contribution in [2.75, 3.05) is 46.9 Å². The van der Waals surface area contributed by atoms with E-state index < -0.39 is 0 Å². The van der Waals surface area contributed by atoms with Crippen molar-refractivity contribution in [2.45, 2.75) is 37.8 Å². The van der Waals surface area contributed by atoms with Crippen molar-refractivity contribution >= 4 is 5.91 Å². The van der Waals surface area contributed by atoms with Crippen molar-refractivity contribution in [2.24, 2.45) is 0 Å². The Labute approximate surface area is 116 Å². The van der Waals surface area contributed by atoms with E-state index in [-0.39, 0.29) is 12.0 Å². The summed E-state index contributed by atoms with van der Waals surface area (Å²) >= 11 is 0. The largest absolute Gasteiger partial charge is 0.374 e. The maximum Gasteiger partial charge on any atom is 0.234 e. The van der Waals surface area contributed by atoms with E-state index in [0.717, 1.165) is 39.1 Å². The molecule has 0 aromatic rings. The van der Waals surface area contributed by atoms with E-state index in [0.29, 0.717) is 12.6 Å². The van der Waals surface area contributed by atoms with Gasteiger partial charge in [-0.05, 0) is 26.9 Å². The summed E-state index contributed by atoms with van der Waals surface area (Å²) in [7, 11) is 4.10. The molecule has 1 saturated carbocycles. The van der Waals surface area contributed by atoms with Crippen LogP contribution in [0.2, 0.25) is 0 Å². The molecule has 1 aliphatic carbocycles. The van der Waals surface area contributed by atoms with Crippen LogP contribution in [0, 0.1) is 0 Å². The minimum atomic E-state index is 0.178. The van der Waals surface area contributed by atoms with Crippen molar-refractivity contribution < 1.29 is 9.53 Å². The van der Waals surface area contributed by atoms with Gasteiger partial charge in [0, 0.05) is 25.7 Å². The summed E-state index contributed by atoms with van der Waals surface area (Å²) in [4.78, 5) is 16.3. The molecule has 2 fully saturated rings. The molecule has 0 unspecified atom stereocenters. The highest BCUT2D eigenvalue weighted by Gasteiger charge is 2.24. The molecule has 19 heavy (non-hydrogen) atoms. The molecule has 0 aromatic heterocycles. The fourth-order valence-electron chi connectivity index (χ4n) is 2.99. The summed E-state index contributed by atoms with van der Waals surface area (Å²) < 4.78 is 5.72. The van der Waals surface area contributed by atoms with E-state index in [1.54, 1.807) is 0 Å². The Hall–Kier alpha value is -0.650. The third-order valence-corrected chi connectivity index (χ3v) is 3.88. The molecule has 110 valence electrons. The summed E-state index contributed by atoms with van der Waals surface area (Å²) in [6.45, 7) is 3.89. The topological polar surface area (TPSA) is 44.8 Å². The van der Waals surface area contributed by atoms with Gasteiger partial charge in [0.25, 0.3) is 0 Å². The van der Waals surface area contributed by atoms with Crippen molar-refractivity contribution in [3.8, 4) is 0 Å². The molecule has 1 N–H and O–H groups in total. The number of nitrogens with zero attached hydrogens (tertiary/aromatic N) is 2. The van der Waals surface area contributed by atoms with Crippen LogP contribution in [0.25, 0.3) is 0 Å².